The number of fused-ring (bicyclic) bond motifs is 1. The number of thioether (sulfide) groups is 1. The van der Waals surface area contributed by atoms with Crippen LogP contribution in [0, 0.1) is 6.92 Å². The number of rotatable bonds is 7. The Balaban J connectivity index is 1.78. The second kappa shape index (κ2) is 10.3. The van der Waals surface area contributed by atoms with Gasteiger partial charge in [0.25, 0.3) is 11.5 Å². The molecule has 0 spiro atoms. The lowest BCUT2D eigenvalue weighted by Gasteiger charge is -2.18. The van der Waals surface area contributed by atoms with Crippen LogP contribution in [0.5, 0.6) is 0 Å². The van der Waals surface area contributed by atoms with E-state index in [0.29, 0.717) is 32.1 Å². The molecule has 0 saturated carbocycles. The largest absolute Gasteiger partial charge is 0.394 e. The van der Waals surface area contributed by atoms with E-state index in [1.54, 1.807) is 18.3 Å². The SMILES string of the molecule is CC[C@@H](CO)Nc1nc2c(C)cccn2c(=O)c1/C=C1\SC(=S)N(Cc2ccccc2Cl)C1=O. The van der Waals surface area contributed by atoms with Crippen LogP contribution < -0.4 is 10.9 Å². The smallest absolute Gasteiger partial charge is 0.267 e. The molecule has 10 heteroatoms. The summed E-state index contributed by atoms with van der Waals surface area (Å²) in [6.45, 7) is 3.91. The van der Waals surface area contributed by atoms with Gasteiger partial charge in [0.1, 0.15) is 15.8 Å². The molecule has 1 aliphatic heterocycles. The van der Waals surface area contributed by atoms with Crippen molar-refractivity contribution in [2.75, 3.05) is 11.9 Å². The van der Waals surface area contributed by atoms with Gasteiger partial charge >= 0.3 is 0 Å². The Kier molecular flexibility index (Phi) is 7.37. The average molecular weight is 515 g/mol. The monoisotopic (exact) mass is 514 g/mol. The second-order valence-corrected chi connectivity index (χ2v) is 9.94. The van der Waals surface area contributed by atoms with Crippen LogP contribution >= 0.6 is 35.6 Å². The number of pyridine rings is 1. The summed E-state index contributed by atoms with van der Waals surface area (Å²) in [6, 6.07) is 10.6. The van der Waals surface area contributed by atoms with E-state index in [9.17, 15) is 14.7 Å². The van der Waals surface area contributed by atoms with Crippen molar-refractivity contribution >= 4 is 63.3 Å². The molecule has 1 atom stereocenters. The maximum absolute atomic E-state index is 13.4. The van der Waals surface area contributed by atoms with E-state index in [1.165, 1.54) is 15.4 Å². The van der Waals surface area contributed by atoms with Gasteiger partial charge < -0.3 is 10.4 Å². The number of carbonyl (C=O) groups is 1. The average Bonchev–Trinajstić information content (AvgIpc) is 3.09. The molecule has 4 rings (SSSR count). The Bertz CT molecular complexity index is 1370. The van der Waals surface area contributed by atoms with Crippen LogP contribution in [0.25, 0.3) is 11.7 Å². The van der Waals surface area contributed by atoms with Crippen LogP contribution in [-0.2, 0) is 11.3 Å². The first-order chi connectivity index (χ1) is 16.3. The quantitative estimate of drug-likeness (QED) is 0.360. The van der Waals surface area contributed by atoms with Gasteiger partial charge in [-0.05, 0) is 42.7 Å². The highest BCUT2D eigenvalue weighted by atomic mass is 35.5. The van der Waals surface area contributed by atoms with Gasteiger partial charge in [0.05, 0.1) is 29.7 Å². The van der Waals surface area contributed by atoms with Crippen LogP contribution in [0.15, 0.2) is 52.3 Å². The van der Waals surface area contributed by atoms with Crippen molar-refractivity contribution < 1.29 is 9.90 Å². The van der Waals surface area contributed by atoms with Crippen molar-refractivity contribution in [3.63, 3.8) is 0 Å². The summed E-state index contributed by atoms with van der Waals surface area (Å²) >= 11 is 12.9. The zero-order chi connectivity index (χ0) is 24.4. The minimum absolute atomic E-state index is 0.120. The Hall–Kier alpha value is -2.72. The van der Waals surface area contributed by atoms with E-state index >= 15 is 0 Å². The van der Waals surface area contributed by atoms with Crippen molar-refractivity contribution in [3.05, 3.63) is 79.6 Å². The maximum Gasteiger partial charge on any atom is 0.267 e. The zero-order valence-electron chi connectivity index (χ0n) is 18.6. The highest BCUT2D eigenvalue weighted by molar-refractivity contribution is 8.26. The number of anilines is 1. The van der Waals surface area contributed by atoms with E-state index in [4.69, 9.17) is 23.8 Å². The third kappa shape index (κ3) is 4.74. The van der Waals surface area contributed by atoms with Gasteiger partial charge in [0, 0.05) is 11.2 Å². The number of halogens is 1. The summed E-state index contributed by atoms with van der Waals surface area (Å²) < 4.78 is 1.84. The van der Waals surface area contributed by atoms with Gasteiger partial charge in [-0.15, -0.1) is 0 Å². The van der Waals surface area contributed by atoms with Crippen LogP contribution in [-0.4, -0.2) is 42.3 Å². The van der Waals surface area contributed by atoms with Crippen LogP contribution in [0.1, 0.15) is 30.0 Å². The number of aromatic nitrogens is 2. The first-order valence-electron chi connectivity index (χ1n) is 10.7. The number of hydrogen-bond donors (Lipinski definition) is 2. The highest BCUT2D eigenvalue weighted by Gasteiger charge is 2.33. The summed E-state index contributed by atoms with van der Waals surface area (Å²) in [4.78, 5) is 33.1. The summed E-state index contributed by atoms with van der Waals surface area (Å²) in [5, 5.41) is 13.4. The Morgan fingerprint density at radius 2 is 2.03 bits per heavy atom. The summed E-state index contributed by atoms with van der Waals surface area (Å²) in [7, 11) is 0. The maximum atomic E-state index is 13.4. The number of carbonyl (C=O) groups excluding carboxylic acids is 1. The molecular weight excluding hydrogens is 492 g/mol. The Morgan fingerprint density at radius 1 is 1.26 bits per heavy atom. The lowest BCUT2D eigenvalue weighted by Crippen LogP contribution is -2.28. The van der Waals surface area contributed by atoms with Gasteiger partial charge in [0.15, 0.2) is 0 Å². The number of nitrogens with zero attached hydrogens (tertiary/aromatic N) is 3. The molecule has 1 aromatic carbocycles. The molecule has 176 valence electrons. The molecule has 1 saturated heterocycles. The third-order valence-corrected chi connectivity index (χ3v) is 7.32. The van der Waals surface area contributed by atoms with E-state index in [1.807, 2.05) is 38.1 Å². The Morgan fingerprint density at radius 3 is 2.74 bits per heavy atom. The molecule has 7 nitrogen and oxygen atoms in total. The first-order valence-corrected chi connectivity index (χ1v) is 12.3. The number of amides is 1. The predicted octanol–water partition coefficient (Wildman–Crippen LogP) is 4.24. The molecule has 0 aliphatic carbocycles. The number of benzene rings is 1. The molecule has 3 aromatic rings. The Labute approximate surface area is 211 Å². The van der Waals surface area contributed by atoms with Crippen LogP contribution in [0.4, 0.5) is 5.82 Å². The van der Waals surface area contributed by atoms with Gasteiger partial charge in [-0.3, -0.25) is 18.9 Å². The summed E-state index contributed by atoms with van der Waals surface area (Å²) in [5.74, 6) is 0.0142. The number of aryl methyl sites for hydroxylation is 1. The minimum atomic E-state index is -0.319. The summed E-state index contributed by atoms with van der Waals surface area (Å²) in [5.41, 5.74) is 2.03. The number of aliphatic hydroxyl groups is 1. The van der Waals surface area contributed by atoms with Crippen molar-refractivity contribution in [2.24, 2.45) is 0 Å². The molecule has 0 unspecified atom stereocenters. The molecular formula is C24H23ClN4O3S2. The van der Waals surface area contributed by atoms with Crippen molar-refractivity contribution in [2.45, 2.75) is 32.9 Å². The number of thiocarbonyl (C=S) groups is 1. The van der Waals surface area contributed by atoms with Gasteiger partial charge in [-0.2, -0.15) is 0 Å². The first kappa shape index (κ1) is 24.4. The second-order valence-electron chi connectivity index (χ2n) is 7.86. The minimum Gasteiger partial charge on any atom is -0.394 e. The zero-order valence-corrected chi connectivity index (χ0v) is 21.0. The summed E-state index contributed by atoms with van der Waals surface area (Å²) in [6.07, 6.45) is 3.80. The molecule has 0 bridgehead atoms. The lowest BCUT2D eigenvalue weighted by molar-refractivity contribution is -0.122. The molecule has 0 radical (unpaired) electrons. The topological polar surface area (TPSA) is 86.9 Å². The van der Waals surface area contributed by atoms with Crippen molar-refractivity contribution in [1.29, 1.82) is 0 Å². The number of aliphatic hydroxyl groups excluding tert-OH is 1. The lowest BCUT2D eigenvalue weighted by atomic mass is 10.2. The van der Waals surface area contributed by atoms with Gasteiger partial charge in [-0.25, -0.2) is 4.98 Å². The number of nitrogens with one attached hydrogen (secondary N) is 1. The normalized spacial score (nSPS) is 16.0. The van der Waals surface area contributed by atoms with E-state index < -0.39 is 0 Å². The van der Waals surface area contributed by atoms with Crippen LogP contribution in [0.2, 0.25) is 5.02 Å². The molecule has 2 aromatic heterocycles. The highest BCUT2D eigenvalue weighted by Crippen LogP contribution is 2.35. The molecule has 34 heavy (non-hydrogen) atoms. The molecule has 1 amide bonds. The van der Waals surface area contributed by atoms with Gasteiger partial charge in [0.2, 0.25) is 0 Å². The molecule has 2 N–H and O–H groups in total. The molecule has 1 fully saturated rings. The fourth-order valence-corrected chi connectivity index (χ4v) is 5.02. The van der Waals surface area contributed by atoms with Crippen LogP contribution in [0.3, 0.4) is 0 Å². The predicted molar refractivity (Wildman–Crippen MR) is 141 cm³/mol. The fraction of sp³-hybridized carbons (Fsp3) is 0.250. The van der Waals surface area contributed by atoms with E-state index in [-0.39, 0.29) is 36.2 Å². The number of hydrogen-bond acceptors (Lipinski definition) is 7. The van der Waals surface area contributed by atoms with Gasteiger partial charge in [-0.1, -0.05) is 66.8 Å². The van der Waals surface area contributed by atoms with E-state index in [2.05, 4.69) is 10.3 Å². The van der Waals surface area contributed by atoms with Crippen molar-refractivity contribution in [1.82, 2.24) is 14.3 Å². The fourth-order valence-electron chi connectivity index (χ4n) is 3.59. The standard InChI is InChI=1S/C24H23ClN4O3S2/c1-3-16(13-30)26-20-17(22(31)28-10-6-7-14(2)21(28)27-20)11-19-23(32)29(24(33)34-19)12-15-8-4-5-9-18(15)25/h4-11,16,26,30H,3,12-13H2,1-2H3/b19-11-/t16-/m0/s1. The van der Waals surface area contributed by atoms with Crippen molar-refractivity contribution in [3.8, 4) is 0 Å². The molecule has 1 aliphatic rings. The third-order valence-electron chi connectivity index (χ3n) is 5.57. The molecule has 3 heterocycles. The van der Waals surface area contributed by atoms with E-state index in [0.717, 1.165) is 22.9 Å².